The molecule has 41 heavy (non-hydrogen) atoms. The number of aliphatic hydroxyl groups excluding tert-OH is 1. The van der Waals surface area contributed by atoms with Crippen LogP contribution in [0.1, 0.15) is 70.2 Å². The Morgan fingerprint density at radius 3 is 2.56 bits per heavy atom. The van der Waals surface area contributed by atoms with Gasteiger partial charge in [-0.05, 0) is 86.8 Å². The van der Waals surface area contributed by atoms with E-state index in [4.69, 9.17) is 14.2 Å². The molecule has 8 nitrogen and oxygen atoms in total. The topological polar surface area (TPSA) is 88.5 Å². The van der Waals surface area contributed by atoms with Gasteiger partial charge in [0.1, 0.15) is 17.6 Å². The first kappa shape index (κ1) is 30.4. The van der Waals surface area contributed by atoms with Crippen molar-refractivity contribution in [3.63, 3.8) is 0 Å². The molecule has 0 bridgehead atoms. The minimum Gasteiger partial charge on any atom is -0.507 e. The monoisotopic (exact) mass is 564 g/mol. The van der Waals surface area contributed by atoms with E-state index < -0.39 is 17.7 Å². The molecule has 1 saturated heterocycles. The largest absolute Gasteiger partial charge is 0.507 e. The molecular weight excluding hydrogens is 520 g/mol. The summed E-state index contributed by atoms with van der Waals surface area (Å²) in [4.78, 5) is 30.9. The van der Waals surface area contributed by atoms with Crippen molar-refractivity contribution < 1.29 is 28.9 Å². The predicted octanol–water partition coefficient (Wildman–Crippen LogP) is 5.60. The summed E-state index contributed by atoms with van der Waals surface area (Å²) >= 11 is 0. The molecule has 0 aromatic heterocycles. The van der Waals surface area contributed by atoms with Gasteiger partial charge >= 0.3 is 0 Å². The highest BCUT2D eigenvalue weighted by Crippen LogP contribution is 2.43. The van der Waals surface area contributed by atoms with Crippen LogP contribution in [0.25, 0.3) is 5.76 Å². The van der Waals surface area contributed by atoms with Crippen LogP contribution in [0.3, 0.4) is 0 Å². The standard InChI is InChI=1S/C33H44N2O6/c1-7-34(8-2)15-9-16-35-30(23-10-13-27(28(20-23)39-6)40-17-14-21(3)4)29(32(37)33(35)38)31(36)24-11-12-26-25(19-24)18-22(5)41-26/h10-13,19-22,30,36H,7-9,14-18H2,1-6H3/t22-,30+/m1/s1. The third kappa shape index (κ3) is 6.70. The molecule has 0 radical (unpaired) electrons. The molecule has 222 valence electrons. The van der Waals surface area contributed by atoms with E-state index in [2.05, 4.69) is 32.6 Å². The maximum absolute atomic E-state index is 13.5. The molecule has 2 aliphatic heterocycles. The Labute approximate surface area is 243 Å². The van der Waals surface area contributed by atoms with Crippen molar-refractivity contribution in [2.45, 2.75) is 66.0 Å². The molecular formula is C33H44N2O6. The van der Waals surface area contributed by atoms with Gasteiger partial charge in [0.05, 0.1) is 25.3 Å². The Balaban J connectivity index is 1.74. The predicted molar refractivity (Wildman–Crippen MR) is 160 cm³/mol. The van der Waals surface area contributed by atoms with E-state index in [0.29, 0.717) is 48.1 Å². The van der Waals surface area contributed by atoms with Crippen molar-refractivity contribution in [1.29, 1.82) is 0 Å². The van der Waals surface area contributed by atoms with Crippen molar-refractivity contribution in [1.82, 2.24) is 9.80 Å². The number of Topliss-reactive ketones (excluding diaryl/α,β-unsaturated/α-hetero) is 1. The second kappa shape index (κ2) is 13.4. The number of ether oxygens (including phenoxy) is 3. The van der Waals surface area contributed by atoms with Crippen LogP contribution in [-0.2, 0) is 16.0 Å². The summed E-state index contributed by atoms with van der Waals surface area (Å²) in [5, 5.41) is 11.6. The third-order valence-corrected chi connectivity index (χ3v) is 7.93. The lowest BCUT2D eigenvalue weighted by Crippen LogP contribution is -2.33. The van der Waals surface area contributed by atoms with Crippen LogP contribution in [0.15, 0.2) is 42.0 Å². The lowest BCUT2D eigenvalue weighted by atomic mass is 9.94. The van der Waals surface area contributed by atoms with Crippen LogP contribution < -0.4 is 14.2 Å². The van der Waals surface area contributed by atoms with Gasteiger partial charge in [0.2, 0.25) is 0 Å². The van der Waals surface area contributed by atoms with E-state index in [9.17, 15) is 14.7 Å². The Morgan fingerprint density at radius 2 is 1.88 bits per heavy atom. The van der Waals surface area contributed by atoms with Gasteiger partial charge in [0.15, 0.2) is 11.5 Å². The van der Waals surface area contributed by atoms with Gasteiger partial charge < -0.3 is 29.1 Å². The number of rotatable bonds is 13. The Bertz CT molecular complexity index is 1280. The third-order valence-electron chi connectivity index (χ3n) is 7.93. The smallest absolute Gasteiger partial charge is 0.295 e. The number of likely N-dealkylation sites (tertiary alicyclic amines) is 1. The quantitative estimate of drug-likeness (QED) is 0.193. The summed E-state index contributed by atoms with van der Waals surface area (Å²) in [6.45, 7) is 14.0. The van der Waals surface area contributed by atoms with E-state index in [1.807, 2.05) is 37.3 Å². The van der Waals surface area contributed by atoms with Gasteiger partial charge in [0.25, 0.3) is 11.7 Å². The summed E-state index contributed by atoms with van der Waals surface area (Å²) in [6.07, 6.45) is 2.37. The first-order chi connectivity index (χ1) is 19.7. The second-order valence-electron chi connectivity index (χ2n) is 11.3. The number of benzene rings is 2. The highest BCUT2D eigenvalue weighted by Gasteiger charge is 2.46. The van der Waals surface area contributed by atoms with Crippen molar-refractivity contribution in [3.05, 3.63) is 58.7 Å². The van der Waals surface area contributed by atoms with Crippen LogP contribution >= 0.6 is 0 Å². The Hall–Kier alpha value is -3.52. The van der Waals surface area contributed by atoms with Crippen molar-refractivity contribution in [3.8, 4) is 17.2 Å². The molecule has 1 amide bonds. The number of ketones is 1. The van der Waals surface area contributed by atoms with E-state index in [0.717, 1.165) is 43.8 Å². The minimum absolute atomic E-state index is 0.0486. The van der Waals surface area contributed by atoms with Crippen LogP contribution in [0.4, 0.5) is 0 Å². The van der Waals surface area contributed by atoms with E-state index in [-0.39, 0.29) is 17.4 Å². The lowest BCUT2D eigenvalue weighted by Gasteiger charge is -2.27. The second-order valence-corrected chi connectivity index (χ2v) is 11.3. The molecule has 8 heteroatoms. The average Bonchev–Trinajstić information content (AvgIpc) is 3.45. The van der Waals surface area contributed by atoms with Gasteiger partial charge in [-0.2, -0.15) is 0 Å². The van der Waals surface area contributed by atoms with Crippen LogP contribution in [-0.4, -0.2) is 72.6 Å². The zero-order valence-corrected chi connectivity index (χ0v) is 25.2. The number of amides is 1. The summed E-state index contributed by atoms with van der Waals surface area (Å²) < 4.78 is 17.5. The number of hydrogen-bond acceptors (Lipinski definition) is 7. The highest BCUT2D eigenvalue weighted by molar-refractivity contribution is 6.46. The molecule has 0 unspecified atom stereocenters. The number of methoxy groups -OCH3 is 1. The molecule has 2 aromatic carbocycles. The number of fused-ring (bicyclic) bond motifs is 1. The zero-order valence-electron chi connectivity index (χ0n) is 25.2. The molecule has 2 heterocycles. The minimum atomic E-state index is -0.756. The number of hydrogen-bond donors (Lipinski definition) is 1. The number of nitrogens with zero attached hydrogens (tertiary/aromatic N) is 2. The van der Waals surface area contributed by atoms with Gasteiger partial charge in [-0.3, -0.25) is 9.59 Å². The van der Waals surface area contributed by atoms with Crippen LogP contribution in [0, 0.1) is 5.92 Å². The van der Waals surface area contributed by atoms with E-state index >= 15 is 0 Å². The fraction of sp³-hybridized carbons (Fsp3) is 0.515. The fourth-order valence-electron chi connectivity index (χ4n) is 5.56. The number of aliphatic hydroxyl groups is 1. The van der Waals surface area contributed by atoms with Gasteiger partial charge in [-0.15, -0.1) is 0 Å². The lowest BCUT2D eigenvalue weighted by molar-refractivity contribution is -0.140. The molecule has 2 aromatic rings. The fourth-order valence-corrected chi connectivity index (χ4v) is 5.56. The molecule has 4 rings (SSSR count). The average molecular weight is 565 g/mol. The maximum atomic E-state index is 13.5. The zero-order chi connectivity index (χ0) is 29.7. The molecule has 0 saturated carbocycles. The number of carbonyl (C=O) groups is 2. The van der Waals surface area contributed by atoms with Gasteiger partial charge in [-0.25, -0.2) is 0 Å². The van der Waals surface area contributed by atoms with Gasteiger partial charge in [0, 0.05) is 18.5 Å². The van der Waals surface area contributed by atoms with E-state index in [1.54, 1.807) is 18.1 Å². The first-order valence-corrected chi connectivity index (χ1v) is 14.8. The maximum Gasteiger partial charge on any atom is 0.295 e. The van der Waals surface area contributed by atoms with Gasteiger partial charge in [-0.1, -0.05) is 33.8 Å². The van der Waals surface area contributed by atoms with Crippen LogP contribution in [0.5, 0.6) is 17.2 Å². The molecule has 2 atom stereocenters. The van der Waals surface area contributed by atoms with E-state index in [1.165, 1.54) is 0 Å². The molecule has 2 aliphatic rings. The summed E-state index contributed by atoms with van der Waals surface area (Å²) in [5.74, 6) is 0.928. The summed E-state index contributed by atoms with van der Waals surface area (Å²) in [5.41, 5.74) is 2.23. The normalized spacial score (nSPS) is 19.7. The van der Waals surface area contributed by atoms with Crippen molar-refractivity contribution in [2.75, 3.05) is 39.9 Å². The Morgan fingerprint density at radius 1 is 1.12 bits per heavy atom. The highest BCUT2D eigenvalue weighted by atomic mass is 16.5. The number of carbonyl (C=O) groups excluding carboxylic acids is 2. The molecule has 0 aliphatic carbocycles. The van der Waals surface area contributed by atoms with Crippen molar-refractivity contribution in [2.24, 2.45) is 5.92 Å². The molecule has 1 N–H and O–H groups in total. The molecule has 0 spiro atoms. The van der Waals surface area contributed by atoms with Crippen LogP contribution in [0.2, 0.25) is 0 Å². The summed E-state index contributed by atoms with van der Waals surface area (Å²) in [7, 11) is 1.57. The molecule has 1 fully saturated rings. The van der Waals surface area contributed by atoms with Crippen molar-refractivity contribution >= 4 is 17.4 Å². The Kier molecular flexibility index (Phi) is 9.97. The first-order valence-electron chi connectivity index (χ1n) is 14.8. The summed E-state index contributed by atoms with van der Waals surface area (Å²) in [6, 6.07) is 10.1. The SMILES string of the molecule is CCN(CC)CCCN1C(=O)C(=O)C(=C(O)c2ccc3c(c2)C[C@@H](C)O3)[C@@H]1c1ccc(OCCC(C)C)c(OC)c1.